The molecule has 2 aromatic carbocycles. The number of aromatic nitrogens is 1. The zero-order valence-electron chi connectivity index (χ0n) is 19.0. The number of hydrogen-bond donors (Lipinski definition) is 1. The predicted octanol–water partition coefficient (Wildman–Crippen LogP) is 4.49. The minimum Gasteiger partial charge on any atom is -0.355 e. The molecular formula is C28H28FN3O2. The van der Waals surface area contributed by atoms with Gasteiger partial charge in [0.05, 0.1) is 0 Å². The third kappa shape index (κ3) is 4.58. The Labute approximate surface area is 199 Å². The molecule has 0 unspecified atom stereocenters. The molecule has 2 amide bonds. The maximum absolute atomic E-state index is 14.2. The average molecular weight is 458 g/mol. The van der Waals surface area contributed by atoms with Crippen LogP contribution >= 0.6 is 0 Å². The number of carbonyl (C=O) groups excluding carboxylic acids is 2. The molecule has 1 aliphatic heterocycles. The molecule has 1 aromatic heterocycles. The van der Waals surface area contributed by atoms with Gasteiger partial charge in [0.1, 0.15) is 5.82 Å². The molecule has 1 atom stereocenters. The first-order chi connectivity index (χ1) is 16.6. The lowest BCUT2D eigenvalue weighted by atomic mass is 9.90. The van der Waals surface area contributed by atoms with E-state index < -0.39 is 0 Å². The van der Waals surface area contributed by atoms with Gasteiger partial charge in [-0.25, -0.2) is 4.39 Å². The van der Waals surface area contributed by atoms with Crippen molar-refractivity contribution in [3.8, 4) is 11.1 Å². The highest BCUT2D eigenvalue weighted by Gasteiger charge is 2.58. The summed E-state index contributed by atoms with van der Waals surface area (Å²) in [6, 6.07) is 19.6. The highest BCUT2D eigenvalue weighted by atomic mass is 19.1. The molecule has 1 spiro atoms. The monoisotopic (exact) mass is 457 g/mol. The number of amides is 2. The summed E-state index contributed by atoms with van der Waals surface area (Å²) in [5, 5.41) is 3.06. The number of likely N-dealkylation sites (tertiary alicyclic amines) is 1. The van der Waals surface area contributed by atoms with E-state index in [2.05, 4.69) is 10.3 Å². The number of pyridine rings is 1. The van der Waals surface area contributed by atoms with E-state index >= 15 is 0 Å². The summed E-state index contributed by atoms with van der Waals surface area (Å²) in [5.41, 5.74) is 2.75. The lowest BCUT2D eigenvalue weighted by Gasteiger charge is -2.33. The van der Waals surface area contributed by atoms with Crippen molar-refractivity contribution in [3.63, 3.8) is 0 Å². The molecule has 5 nitrogen and oxygen atoms in total. The summed E-state index contributed by atoms with van der Waals surface area (Å²) >= 11 is 0. The molecular weight excluding hydrogens is 429 g/mol. The quantitative estimate of drug-likeness (QED) is 0.593. The fourth-order valence-corrected chi connectivity index (χ4v) is 5.11. The molecule has 2 fully saturated rings. The number of nitrogens with one attached hydrogen (secondary N) is 1. The standard InChI is InChI=1S/C28H28FN3O2/c29-25-10-2-1-9-23(25)20-6-5-7-21(18-20)27(34)32-16-12-28(13-17-32)19-24(28)26(33)31-15-11-22-8-3-4-14-30-22/h1-10,14,18,24H,11-13,15-17,19H2,(H,31,33)/t24-/m1/s1. The fourth-order valence-electron chi connectivity index (χ4n) is 5.11. The second kappa shape index (κ2) is 9.37. The van der Waals surface area contributed by atoms with Gasteiger partial charge < -0.3 is 10.2 Å². The van der Waals surface area contributed by atoms with E-state index in [1.54, 1.807) is 42.6 Å². The third-order valence-corrected chi connectivity index (χ3v) is 7.25. The van der Waals surface area contributed by atoms with Crippen LogP contribution in [-0.2, 0) is 11.2 Å². The van der Waals surface area contributed by atoms with E-state index in [0.29, 0.717) is 36.3 Å². The largest absolute Gasteiger partial charge is 0.355 e. The van der Waals surface area contributed by atoms with Gasteiger partial charge in [-0.1, -0.05) is 36.4 Å². The molecule has 2 aliphatic rings. The summed E-state index contributed by atoms with van der Waals surface area (Å²) in [5.74, 6) is -0.179. The van der Waals surface area contributed by atoms with Crippen LogP contribution in [0.5, 0.6) is 0 Å². The molecule has 1 saturated carbocycles. The van der Waals surface area contributed by atoms with Crippen molar-refractivity contribution >= 4 is 11.8 Å². The molecule has 0 radical (unpaired) electrons. The molecule has 0 bridgehead atoms. The van der Waals surface area contributed by atoms with Crippen LogP contribution in [-0.4, -0.2) is 41.3 Å². The molecule has 6 heteroatoms. The molecule has 34 heavy (non-hydrogen) atoms. The number of benzene rings is 2. The second-order valence-corrected chi connectivity index (χ2v) is 9.33. The van der Waals surface area contributed by atoms with E-state index in [0.717, 1.165) is 31.4 Å². The van der Waals surface area contributed by atoms with Crippen LogP contribution in [0.25, 0.3) is 11.1 Å². The topological polar surface area (TPSA) is 62.3 Å². The maximum atomic E-state index is 14.2. The van der Waals surface area contributed by atoms with Gasteiger partial charge in [0.2, 0.25) is 5.91 Å². The van der Waals surface area contributed by atoms with Gasteiger partial charge in [-0.2, -0.15) is 0 Å². The van der Waals surface area contributed by atoms with Crippen molar-refractivity contribution in [2.45, 2.75) is 25.7 Å². The van der Waals surface area contributed by atoms with Crippen LogP contribution in [0.4, 0.5) is 4.39 Å². The number of hydrogen-bond acceptors (Lipinski definition) is 3. The van der Waals surface area contributed by atoms with Gasteiger partial charge in [0, 0.05) is 55.0 Å². The van der Waals surface area contributed by atoms with Crippen LogP contribution in [0.15, 0.2) is 72.9 Å². The first-order valence-electron chi connectivity index (χ1n) is 11.9. The van der Waals surface area contributed by atoms with Gasteiger partial charge in [-0.15, -0.1) is 0 Å². The smallest absolute Gasteiger partial charge is 0.253 e. The van der Waals surface area contributed by atoms with E-state index in [1.807, 2.05) is 29.2 Å². The van der Waals surface area contributed by atoms with Crippen molar-refractivity contribution in [3.05, 3.63) is 90.0 Å². The lowest BCUT2D eigenvalue weighted by Crippen LogP contribution is -2.40. The Morgan fingerprint density at radius 3 is 2.59 bits per heavy atom. The minimum atomic E-state index is -0.301. The van der Waals surface area contributed by atoms with Gasteiger partial charge in [-0.3, -0.25) is 14.6 Å². The molecule has 1 N–H and O–H groups in total. The number of nitrogens with zero attached hydrogens (tertiary/aromatic N) is 2. The van der Waals surface area contributed by atoms with Crippen molar-refractivity contribution in [2.75, 3.05) is 19.6 Å². The molecule has 1 saturated heterocycles. The Hall–Kier alpha value is -3.54. The molecule has 3 aromatic rings. The lowest BCUT2D eigenvalue weighted by molar-refractivity contribution is -0.123. The van der Waals surface area contributed by atoms with Crippen molar-refractivity contribution in [2.24, 2.45) is 11.3 Å². The van der Waals surface area contributed by atoms with E-state index in [1.165, 1.54) is 6.07 Å². The third-order valence-electron chi connectivity index (χ3n) is 7.25. The summed E-state index contributed by atoms with van der Waals surface area (Å²) in [6.45, 7) is 1.87. The highest BCUT2D eigenvalue weighted by molar-refractivity contribution is 5.95. The summed E-state index contributed by atoms with van der Waals surface area (Å²) < 4.78 is 14.2. The summed E-state index contributed by atoms with van der Waals surface area (Å²) in [7, 11) is 0. The number of carbonyl (C=O) groups is 2. The van der Waals surface area contributed by atoms with Gasteiger partial charge in [0.25, 0.3) is 5.91 Å². The normalized spacial score (nSPS) is 18.5. The minimum absolute atomic E-state index is 0.0286. The zero-order valence-corrected chi connectivity index (χ0v) is 19.0. The Morgan fingerprint density at radius 2 is 1.82 bits per heavy atom. The van der Waals surface area contributed by atoms with E-state index in [-0.39, 0.29) is 29.0 Å². The Bertz CT molecular complexity index is 1190. The molecule has 1 aliphatic carbocycles. The SMILES string of the molecule is O=C(NCCc1ccccn1)[C@H]1CC12CCN(C(=O)c1cccc(-c3ccccc3F)c1)CC2. The van der Waals surface area contributed by atoms with Gasteiger partial charge in [-0.05, 0) is 60.6 Å². The van der Waals surface area contributed by atoms with Gasteiger partial charge >= 0.3 is 0 Å². The van der Waals surface area contributed by atoms with Crippen LogP contribution in [0, 0.1) is 17.2 Å². The fraction of sp³-hybridized carbons (Fsp3) is 0.321. The first-order valence-corrected chi connectivity index (χ1v) is 11.9. The Morgan fingerprint density at radius 1 is 1.03 bits per heavy atom. The first kappa shape index (κ1) is 22.3. The Kier molecular flexibility index (Phi) is 6.14. The average Bonchev–Trinajstić information content (AvgIpc) is 3.58. The van der Waals surface area contributed by atoms with Crippen LogP contribution in [0.2, 0.25) is 0 Å². The second-order valence-electron chi connectivity index (χ2n) is 9.33. The van der Waals surface area contributed by atoms with Crippen LogP contribution in [0.3, 0.4) is 0 Å². The molecule has 5 rings (SSSR count). The van der Waals surface area contributed by atoms with Crippen molar-refractivity contribution in [1.29, 1.82) is 0 Å². The number of rotatable bonds is 6. The predicted molar refractivity (Wildman–Crippen MR) is 128 cm³/mol. The van der Waals surface area contributed by atoms with E-state index in [9.17, 15) is 14.0 Å². The Balaban J connectivity index is 1.15. The van der Waals surface area contributed by atoms with Crippen LogP contribution in [0.1, 0.15) is 35.3 Å². The number of halogens is 1. The van der Waals surface area contributed by atoms with E-state index in [4.69, 9.17) is 0 Å². The molecule has 174 valence electrons. The number of piperidine rings is 1. The maximum Gasteiger partial charge on any atom is 0.253 e. The summed E-state index contributed by atoms with van der Waals surface area (Å²) in [4.78, 5) is 32.0. The summed E-state index contributed by atoms with van der Waals surface area (Å²) in [6.07, 6.45) is 5.06. The highest BCUT2D eigenvalue weighted by Crippen LogP contribution is 2.59. The zero-order chi connectivity index (χ0) is 23.5. The van der Waals surface area contributed by atoms with Crippen LogP contribution < -0.4 is 5.32 Å². The van der Waals surface area contributed by atoms with Crippen molar-refractivity contribution in [1.82, 2.24) is 15.2 Å². The van der Waals surface area contributed by atoms with Crippen molar-refractivity contribution < 1.29 is 14.0 Å². The van der Waals surface area contributed by atoms with Gasteiger partial charge in [0.15, 0.2) is 0 Å². The molecule has 2 heterocycles.